The monoisotopic (exact) mass is 479 g/mol. The van der Waals surface area contributed by atoms with Gasteiger partial charge >= 0.3 is 12.1 Å². The quantitative estimate of drug-likeness (QED) is 0.526. The summed E-state index contributed by atoms with van der Waals surface area (Å²) in [6.07, 6.45) is -2.78. The van der Waals surface area contributed by atoms with Crippen LogP contribution in [0.15, 0.2) is 53.5 Å². The molecule has 0 spiro atoms. The van der Waals surface area contributed by atoms with Crippen molar-refractivity contribution in [3.8, 4) is 0 Å². The van der Waals surface area contributed by atoms with Gasteiger partial charge in [0, 0.05) is 29.3 Å². The standard InChI is InChI=1S/C22H18F3N3O4.H2S/c23-22(24,25)15-10-12(28-9-3-6-18(28)21(31)32)7-8-17(15)27-20(30)14-11-26-16-5-2-1-4-13(16)19(14)29;/h1-2,4-5,7-8,10-11,18H,3,6,9H2,(H,26,29)(H,27,30)(H,31,32);1H2/t18-;/m0./s1. The van der Waals surface area contributed by atoms with Crippen LogP contribution in [0.3, 0.4) is 0 Å². The first-order valence-electron chi connectivity index (χ1n) is 9.79. The Bertz CT molecular complexity index is 1280. The number of hydrogen-bond acceptors (Lipinski definition) is 4. The third-order valence-electron chi connectivity index (χ3n) is 5.46. The number of carbonyl (C=O) groups excluding carboxylic acids is 1. The number of hydrogen-bond donors (Lipinski definition) is 3. The maximum atomic E-state index is 13.8. The maximum absolute atomic E-state index is 13.8. The highest BCUT2D eigenvalue weighted by Crippen LogP contribution is 2.39. The van der Waals surface area contributed by atoms with Crippen molar-refractivity contribution in [1.82, 2.24) is 4.98 Å². The number of pyridine rings is 1. The Morgan fingerprint density at radius 1 is 1.15 bits per heavy atom. The van der Waals surface area contributed by atoms with Gasteiger partial charge in [-0.15, -0.1) is 0 Å². The van der Waals surface area contributed by atoms with Gasteiger partial charge in [-0.05, 0) is 43.2 Å². The third kappa shape index (κ3) is 4.68. The molecule has 0 saturated carbocycles. The number of nitrogens with zero attached hydrogens (tertiary/aromatic N) is 1. The van der Waals surface area contributed by atoms with Gasteiger partial charge in [0.25, 0.3) is 5.91 Å². The number of fused-ring (bicyclic) bond motifs is 1. The predicted octanol–water partition coefficient (Wildman–Crippen LogP) is 3.97. The molecule has 11 heteroatoms. The van der Waals surface area contributed by atoms with Crippen LogP contribution in [0.2, 0.25) is 0 Å². The third-order valence-corrected chi connectivity index (χ3v) is 5.46. The summed E-state index contributed by atoms with van der Waals surface area (Å²) in [5.41, 5.74) is -1.99. The number of aliphatic carboxylic acids is 1. The van der Waals surface area contributed by atoms with Crippen molar-refractivity contribution in [2.24, 2.45) is 0 Å². The second kappa shape index (κ2) is 9.18. The van der Waals surface area contributed by atoms with Gasteiger partial charge in [-0.3, -0.25) is 9.59 Å². The number of aromatic amines is 1. The van der Waals surface area contributed by atoms with E-state index in [0.717, 1.165) is 18.3 Å². The molecule has 1 aliphatic heterocycles. The van der Waals surface area contributed by atoms with E-state index >= 15 is 0 Å². The van der Waals surface area contributed by atoms with Crippen LogP contribution in [0.5, 0.6) is 0 Å². The Morgan fingerprint density at radius 3 is 2.58 bits per heavy atom. The minimum absolute atomic E-state index is 0. The molecule has 0 unspecified atom stereocenters. The van der Waals surface area contributed by atoms with Crippen LogP contribution in [0.4, 0.5) is 24.5 Å². The van der Waals surface area contributed by atoms with E-state index in [1.54, 1.807) is 18.2 Å². The van der Waals surface area contributed by atoms with Gasteiger partial charge in [-0.1, -0.05) is 12.1 Å². The fourth-order valence-corrected chi connectivity index (χ4v) is 3.91. The Hall–Kier alpha value is -3.47. The fourth-order valence-electron chi connectivity index (χ4n) is 3.91. The summed E-state index contributed by atoms with van der Waals surface area (Å²) in [4.78, 5) is 40.9. The molecule has 1 fully saturated rings. The number of amides is 1. The van der Waals surface area contributed by atoms with E-state index in [2.05, 4.69) is 10.3 Å². The molecular weight excluding hydrogens is 459 g/mol. The van der Waals surface area contributed by atoms with Crippen LogP contribution in [0, 0.1) is 0 Å². The lowest BCUT2D eigenvalue weighted by molar-refractivity contribution is -0.138. The van der Waals surface area contributed by atoms with E-state index in [1.807, 2.05) is 0 Å². The van der Waals surface area contributed by atoms with Crippen LogP contribution in [0.25, 0.3) is 10.9 Å². The minimum atomic E-state index is -4.81. The second-order valence-electron chi connectivity index (χ2n) is 7.45. The summed E-state index contributed by atoms with van der Waals surface area (Å²) in [5.74, 6) is -2.09. The van der Waals surface area contributed by atoms with Gasteiger partial charge < -0.3 is 20.3 Å². The number of aromatic nitrogens is 1. The average Bonchev–Trinajstić information content (AvgIpc) is 3.24. The molecule has 0 bridgehead atoms. The van der Waals surface area contributed by atoms with Gasteiger partial charge in [-0.2, -0.15) is 26.7 Å². The van der Waals surface area contributed by atoms with Crippen molar-refractivity contribution in [2.45, 2.75) is 25.1 Å². The highest BCUT2D eigenvalue weighted by atomic mass is 32.1. The van der Waals surface area contributed by atoms with Crippen LogP contribution in [-0.4, -0.2) is 34.6 Å². The van der Waals surface area contributed by atoms with E-state index in [9.17, 15) is 32.7 Å². The minimum Gasteiger partial charge on any atom is -0.480 e. The molecule has 3 N–H and O–H groups in total. The average molecular weight is 479 g/mol. The van der Waals surface area contributed by atoms with Crippen LogP contribution in [-0.2, 0) is 11.0 Å². The largest absolute Gasteiger partial charge is 0.480 e. The summed E-state index contributed by atoms with van der Waals surface area (Å²) in [6.45, 7) is 0.312. The summed E-state index contributed by atoms with van der Waals surface area (Å²) in [5, 5.41) is 11.7. The highest BCUT2D eigenvalue weighted by molar-refractivity contribution is 7.59. The summed E-state index contributed by atoms with van der Waals surface area (Å²) >= 11 is 0. The number of carboxylic acid groups (broad SMARTS) is 1. The highest BCUT2D eigenvalue weighted by Gasteiger charge is 2.37. The SMILES string of the molecule is O=C(Nc1ccc(N2CCC[C@H]2C(=O)O)cc1C(F)(F)F)c1c[nH]c2ccccc2c1=O.S. The van der Waals surface area contributed by atoms with Crippen molar-refractivity contribution < 1.29 is 27.9 Å². The number of anilines is 2. The van der Waals surface area contributed by atoms with E-state index in [-0.39, 0.29) is 30.1 Å². The van der Waals surface area contributed by atoms with E-state index in [0.29, 0.717) is 24.9 Å². The van der Waals surface area contributed by atoms with Crippen molar-refractivity contribution in [1.29, 1.82) is 0 Å². The van der Waals surface area contributed by atoms with Crippen molar-refractivity contribution in [2.75, 3.05) is 16.8 Å². The zero-order valence-electron chi connectivity index (χ0n) is 17.1. The Kier molecular flexibility index (Phi) is 6.73. The topological polar surface area (TPSA) is 102 Å². The molecule has 2 heterocycles. The number of carbonyl (C=O) groups is 2. The molecule has 1 amide bonds. The number of carboxylic acids is 1. The molecule has 7 nitrogen and oxygen atoms in total. The van der Waals surface area contributed by atoms with E-state index < -0.39 is 40.8 Å². The lowest BCUT2D eigenvalue weighted by Crippen LogP contribution is -2.36. The number of nitrogens with one attached hydrogen (secondary N) is 2. The number of halogens is 3. The Labute approximate surface area is 192 Å². The summed E-state index contributed by atoms with van der Waals surface area (Å²) < 4.78 is 41.3. The Morgan fingerprint density at radius 2 is 1.88 bits per heavy atom. The first-order valence-corrected chi connectivity index (χ1v) is 9.79. The molecule has 0 aliphatic carbocycles. The van der Waals surface area contributed by atoms with E-state index in [1.165, 1.54) is 17.0 Å². The number of para-hydroxylation sites is 1. The fraction of sp³-hybridized carbons (Fsp3) is 0.227. The molecule has 33 heavy (non-hydrogen) atoms. The molecule has 1 aliphatic rings. The first-order chi connectivity index (χ1) is 15.2. The normalized spacial score (nSPS) is 15.8. The molecule has 3 aromatic rings. The maximum Gasteiger partial charge on any atom is 0.418 e. The van der Waals surface area contributed by atoms with Crippen LogP contribution in [0.1, 0.15) is 28.8 Å². The van der Waals surface area contributed by atoms with Crippen molar-refractivity contribution >= 4 is 47.6 Å². The van der Waals surface area contributed by atoms with Gasteiger partial charge in [0.2, 0.25) is 5.43 Å². The first kappa shape index (κ1) is 24.2. The van der Waals surface area contributed by atoms with Gasteiger partial charge in [-0.25, -0.2) is 4.79 Å². The van der Waals surface area contributed by atoms with Crippen LogP contribution >= 0.6 is 13.5 Å². The lowest BCUT2D eigenvalue weighted by Gasteiger charge is -2.25. The predicted molar refractivity (Wildman–Crippen MR) is 122 cm³/mol. The molecule has 4 rings (SSSR count). The molecule has 1 aromatic heterocycles. The summed E-state index contributed by atoms with van der Waals surface area (Å²) in [6, 6.07) is 8.78. The van der Waals surface area contributed by atoms with Crippen molar-refractivity contribution in [3.63, 3.8) is 0 Å². The molecule has 1 saturated heterocycles. The van der Waals surface area contributed by atoms with Gasteiger partial charge in [0.15, 0.2) is 0 Å². The smallest absolute Gasteiger partial charge is 0.418 e. The number of benzene rings is 2. The zero-order valence-corrected chi connectivity index (χ0v) is 18.1. The number of H-pyrrole nitrogens is 1. The van der Waals surface area contributed by atoms with Crippen LogP contribution < -0.4 is 15.6 Å². The molecule has 174 valence electrons. The number of alkyl halides is 3. The molecule has 0 radical (unpaired) electrons. The van der Waals surface area contributed by atoms with Crippen molar-refractivity contribution in [3.05, 3.63) is 70.0 Å². The molecule has 1 atom stereocenters. The Balaban J connectivity index is 0.00000306. The molecule has 2 aromatic carbocycles. The van der Waals surface area contributed by atoms with E-state index in [4.69, 9.17) is 0 Å². The van der Waals surface area contributed by atoms with Gasteiger partial charge in [0.1, 0.15) is 11.6 Å². The second-order valence-corrected chi connectivity index (χ2v) is 7.45. The zero-order chi connectivity index (χ0) is 23.0. The number of rotatable bonds is 4. The van der Waals surface area contributed by atoms with Gasteiger partial charge in [0.05, 0.1) is 11.3 Å². The lowest BCUT2D eigenvalue weighted by atomic mass is 10.1. The summed E-state index contributed by atoms with van der Waals surface area (Å²) in [7, 11) is 0. The molecular formula is C22H20F3N3O4S.